The van der Waals surface area contributed by atoms with Crippen LogP contribution in [0.25, 0.3) is 6.08 Å². The lowest BCUT2D eigenvalue weighted by atomic mass is 9.77. The highest BCUT2D eigenvalue weighted by molar-refractivity contribution is 6.09. The SMILES string of the molecule is O=C(c1ccc(N2CCOCC2)c([N+](=O)[O-])c1)N1N=C2/C(=C/c3cccc([N+](=O)[O-])c3)CCCC2C1c1cccc([N+](=O)[O-])c1. The molecule has 1 aliphatic carbocycles. The van der Waals surface area contributed by atoms with Gasteiger partial charge in [0, 0.05) is 54.9 Å². The third-order valence-corrected chi connectivity index (χ3v) is 8.32. The summed E-state index contributed by atoms with van der Waals surface area (Å²) in [5.74, 6) is -0.906. The van der Waals surface area contributed by atoms with Gasteiger partial charge in [-0.05, 0) is 54.2 Å². The van der Waals surface area contributed by atoms with Gasteiger partial charge in [0.25, 0.3) is 23.0 Å². The van der Waals surface area contributed by atoms with Crippen LogP contribution < -0.4 is 4.90 Å². The molecular weight excluding hydrogens is 584 g/mol. The molecule has 1 amide bonds. The number of benzene rings is 3. The van der Waals surface area contributed by atoms with Crippen LogP contribution in [0.1, 0.15) is 46.8 Å². The molecule has 0 spiro atoms. The lowest BCUT2D eigenvalue weighted by Gasteiger charge is -2.30. The van der Waals surface area contributed by atoms with Gasteiger partial charge in [-0.3, -0.25) is 35.1 Å². The Labute approximate surface area is 256 Å². The van der Waals surface area contributed by atoms with Gasteiger partial charge in [0.05, 0.1) is 39.7 Å². The fourth-order valence-electron chi connectivity index (χ4n) is 6.26. The molecule has 0 bridgehead atoms. The Morgan fingerprint density at radius 3 is 2.31 bits per heavy atom. The van der Waals surface area contributed by atoms with Crippen LogP contribution in [-0.2, 0) is 4.74 Å². The average molecular weight is 613 g/mol. The number of amides is 1. The van der Waals surface area contributed by atoms with Crippen molar-refractivity contribution in [2.75, 3.05) is 31.2 Å². The maximum absolute atomic E-state index is 14.2. The van der Waals surface area contributed by atoms with Crippen molar-refractivity contribution in [2.45, 2.75) is 25.3 Å². The molecule has 1 saturated heterocycles. The van der Waals surface area contributed by atoms with E-state index >= 15 is 0 Å². The normalized spacial score (nSPS) is 20.4. The molecule has 1 saturated carbocycles. The van der Waals surface area contributed by atoms with Gasteiger partial charge in [-0.25, -0.2) is 5.01 Å². The van der Waals surface area contributed by atoms with Crippen molar-refractivity contribution in [3.8, 4) is 0 Å². The first-order valence-corrected chi connectivity index (χ1v) is 14.4. The molecule has 3 aromatic rings. The summed E-state index contributed by atoms with van der Waals surface area (Å²) in [6, 6.07) is 15.9. The van der Waals surface area contributed by atoms with Crippen LogP contribution in [0, 0.1) is 36.3 Å². The Morgan fingerprint density at radius 2 is 1.60 bits per heavy atom. The molecular formula is C31H28N6O8. The zero-order valence-corrected chi connectivity index (χ0v) is 24.0. The molecule has 2 unspecified atom stereocenters. The Balaban J connectivity index is 1.43. The lowest BCUT2D eigenvalue weighted by molar-refractivity contribution is -0.385. The second-order valence-electron chi connectivity index (χ2n) is 11.0. The van der Waals surface area contributed by atoms with Crippen LogP contribution in [-0.4, -0.2) is 57.7 Å². The number of nitro groups is 3. The molecule has 45 heavy (non-hydrogen) atoms. The van der Waals surface area contributed by atoms with E-state index in [0.717, 1.165) is 12.0 Å². The highest BCUT2D eigenvalue weighted by atomic mass is 16.6. The molecule has 6 rings (SSSR count). The number of nitro benzene ring substituents is 3. The number of ether oxygens (including phenoxy) is 1. The molecule has 14 heteroatoms. The van der Waals surface area contributed by atoms with Crippen LogP contribution in [0.4, 0.5) is 22.7 Å². The highest BCUT2D eigenvalue weighted by Crippen LogP contribution is 2.46. The topological polar surface area (TPSA) is 175 Å². The van der Waals surface area contributed by atoms with Gasteiger partial charge < -0.3 is 9.64 Å². The number of carbonyl (C=O) groups is 1. The number of hydrazone groups is 1. The molecule has 230 valence electrons. The van der Waals surface area contributed by atoms with Crippen molar-refractivity contribution in [3.63, 3.8) is 0 Å². The summed E-state index contributed by atoms with van der Waals surface area (Å²) in [4.78, 5) is 49.6. The van der Waals surface area contributed by atoms with Gasteiger partial charge in [0.1, 0.15) is 5.69 Å². The number of anilines is 1. The van der Waals surface area contributed by atoms with E-state index in [0.29, 0.717) is 61.7 Å². The molecule has 0 radical (unpaired) electrons. The summed E-state index contributed by atoms with van der Waals surface area (Å²) in [7, 11) is 0. The fourth-order valence-corrected chi connectivity index (χ4v) is 6.26. The number of nitrogens with zero attached hydrogens (tertiary/aromatic N) is 6. The van der Waals surface area contributed by atoms with Crippen LogP contribution in [0.3, 0.4) is 0 Å². The summed E-state index contributed by atoms with van der Waals surface area (Å²) in [6.45, 7) is 1.82. The van der Waals surface area contributed by atoms with Crippen LogP contribution in [0.2, 0.25) is 0 Å². The van der Waals surface area contributed by atoms with Gasteiger partial charge in [0.2, 0.25) is 0 Å². The van der Waals surface area contributed by atoms with Crippen molar-refractivity contribution in [2.24, 2.45) is 11.0 Å². The van der Waals surface area contributed by atoms with Crippen molar-refractivity contribution in [1.82, 2.24) is 5.01 Å². The van der Waals surface area contributed by atoms with E-state index in [-0.39, 0.29) is 28.5 Å². The predicted molar refractivity (Wildman–Crippen MR) is 164 cm³/mol. The number of hydrogen-bond acceptors (Lipinski definition) is 10. The molecule has 0 aromatic heterocycles. The number of rotatable bonds is 7. The first-order chi connectivity index (χ1) is 21.7. The van der Waals surface area contributed by atoms with Crippen LogP contribution in [0.15, 0.2) is 77.4 Å². The van der Waals surface area contributed by atoms with Crippen LogP contribution >= 0.6 is 0 Å². The summed E-state index contributed by atoms with van der Waals surface area (Å²) >= 11 is 0. The molecule has 3 aliphatic rings. The number of hydrogen-bond donors (Lipinski definition) is 0. The Morgan fingerprint density at radius 1 is 0.889 bits per heavy atom. The first kappa shape index (κ1) is 29.6. The van der Waals surface area contributed by atoms with Crippen molar-refractivity contribution < 1.29 is 24.3 Å². The second kappa shape index (κ2) is 12.2. The number of allylic oxidation sites excluding steroid dienone is 1. The van der Waals surface area contributed by atoms with E-state index < -0.39 is 26.7 Å². The minimum Gasteiger partial charge on any atom is -0.378 e. The minimum atomic E-state index is -0.709. The van der Waals surface area contributed by atoms with Crippen molar-refractivity contribution in [3.05, 3.63) is 119 Å². The van der Waals surface area contributed by atoms with Gasteiger partial charge in [0.15, 0.2) is 0 Å². The standard InChI is InChI=1S/C31H28N6O8/c38-31(23-10-11-27(28(19-23)37(43)44)33-12-14-45-15-13-33)34-30(22-6-2-8-25(18-22)36(41)42)26-9-3-5-21(29(26)32-34)16-20-4-1-7-24(17-20)35(39)40/h1-2,4,6-8,10-11,16-19,26,30H,3,5,9,12-15H2/b21-16+. The third-order valence-electron chi connectivity index (χ3n) is 8.32. The summed E-state index contributed by atoms with van der Waals surface area (Å²) in [5, 5.41) is 41.2. The van der Waals surface area contributed by atoms with Gasteiger partial charge >= 0.3 is 0 Å². The highest BCUT2D eigenvalue weighted by Gasteiger charge is 2.44. The zero-order chi connectivity index (χ0) is 31.7. The Bertz CT molecular complexity index is 1770. The molecule has 2 fully saturated rings. The van der Waals surface area contributed by atoms with Gasteiger partial charge in [-0.2, -0.15) is 5.10 Å². The van der Waals surface area contributed by atoms with E-state index in [9.17, 15) is 35.1 Å². The van der Waals surface area contributed by atoms with Crippen molar-refractivity contribution >= 4 is 40.4 Å². The maximum Gasteiger partial charge on any atom is 0.293 e. The second-order valence-corrected chi connectivity index (χ2v) is 11.0. The number of morpholine rings is 1. The monoisotopic (exact) mass is 612 g/mol. The molecule has 0 N–H and O–H groups in total. The fraction of sp³-hybridized carbons (Fsp3) is 0.290. The molecule has 2 aliphatic heterocycles. The van der Waals surface area contributed by atoms with Gasteiger partial charge in [-0.15, -0.1) is 0 Å². The predicted octanol–water partition coefficient (Wildman–Crippen LogP) is 5.68. The van der Waals surface area contributed by atoms with E-state index in [4.69, 9.17) is 9.84 Å². The van der Waals surface area contributed by atoms with Crippen molar-refractivity contribution in [1.29, 1.82) is 0 Å². The summed E-state index contributed by atoms with van der Waals surface area (Å²) < 4.78 is 5.37. The van der Waals surface area contributed by atoms with Gasteiger partial charge in [-0.1, -0.05) is 24.3 Å². The smallest absolute Gasteiger partial charge is 0.293 e. The number of non-ortho nitro benzene ring substituents is 2. The lowest BCUT2D eigenvalue weighted by Crippen LogP contribution is -2.36. The Hall–Kier alpha value is -5.50. The average Bonchev–Trinajstić information content (AvgIpc) is 3.45. The summed E-state index contributed by atoms with van der Waals surface area (Å²) in [5.41, 5.74) is 2.56. The number of carbonyl (C=O) groups excluding carboxylic acids is 1. The molecule has 2 atom stereocenters. The van der Waals surface area contributed by atoms with E-state index in [1.807, 2.05) is 11.0 Å². The van der Waals surface area contributed by atoms with E-state index in [1.54, 1.807) is 30.3 Å². The van der Waals surface area contributed by atoms with E-state index in [1.165, 1.54) is 41.4 Å². The Kier molecular flexibility index (Phi) is 8.04. The first-order valence-electron chi connectivity index (χ1n) is 14.4. The molecule has 3 aromatic carbocycles. The summed E-state index contributed by atoms with van der Waals surface area (Å²) in [6.07, 6.45) is 3.80. The van der Waals surface area contributed by atoms with Crippen LogP contribution in [0.5, 0.6) is 0 Å². The maximum atomic E-state index is 14.2. The molecule has 14 nitrogen and oxygen atoms in total. The zero-order valence-electron chi connectivity index (χ0n) is 24.0. The third kappa shape index (κ3) is 5.87. The quantitative estimate of drug-likeness (QED) is 0.240. The molecule has 2 heterocycles. The minimum absolute atomic E-state index is 0.0568. The van der Waals surface area contributed by atoms with E-state index in [2.05, 4.69) is 0 Å². The number of fused-ring (bicyclic) bond motifs is 1. The largest absolute Gasteiger partial charge is 0.378 e.